The molecule has 0 heterocycles. The summed E-state index contributed by atoms with van der Waals surface area (Å²) in [6.07, 6.45) is 15.8. The van der Waals surface area contributed by atoms with E-state index in [1.54, 1.807) is 0 Å². The topological polar surface area (TPSA) is 0 Å². The van der Waals surface area contributed by atoms with Gasteiger partial charge in [0, 0.05) is 0 Å². The average Bonchev–Trinajstić information content (AvgIpc) is 2.31. The second kappa shape index (κ2) is 12.8. The summed E-state index contributed by atoms with van der Waals surface area (Å²) < 4.78 is 0. The van der Waals surface area contributed by atoms with Crippen LogP contribution in [0.4, 0.5) is 0 Å². The van der Waals surface area contributed by atoms with Crippen LogP contribution >= 0.6 is 0 Å². The third-order valence-corrected chi connectivity index (χ3v) is 3.17. The highest BCUT2D eigenvalue weighted by molar-refractivity contribution is 4.91. The summed E-state index contributed by atoms with van der Waals surface area (Å²) >= 11 is 0. The van der Waals surface area contributed by atoms with E-state index in [1.807, 2.05) is 0 Å². The van der Waals surface area contributed by atoms with Crippen LogP contribution in [0.3, 0.4) is 0 Å². The first-order chi connectivity index (χ1) is 7.81. The minimum Gasteiger partial charge on any atom is -0.0702 e. The summed E-state index contributed by atoms with van der Waals surface area (Å²) in [5.74, 6) is 0. The van der Waals surface area contributed by atoms with Gasteiger partial charge < -0.3 is 0 Å². The number of allylic oxidation sites excluding steroid dienone is 1. The van der Waals surface area contributed by atoms with Gasteiger partial charge in [0.05, 0.1) is 0 Å². The highest BCUT2D eigenvalue weighted by atomic mass is 14.0. The molecule has 0 nitrogen and oxygen atoms in total. The Balaban J connectivity index is 2.96. The molecule has 0 aromatic carbocycles. The zero-order valence-corrected chi connectivity index (χ0v) is 11.3. The lowest BCUT2D eigenvalue weighted by molar-refractivity contribution is 0.555. The van der Waals surface area contributed by atoms with E-state index in [2.05, 4.69) is 13.8 Å². The molecule has 0 aliphatic carbocycles. The van der Waals surface area contributed by atoms with Crippen LogP contribution in [0.25, 0.3) is 0 Å². The standard InChI is InChI=1S/C16H30/c1-4-6-7-8-9-10-11-12-13-14-15-16(3)5-2/h3H,2,4-15H2,1H3. The molecule has 0 amide bonds. The fourth-order valence-corrected chi connectivity index (χ4v) is 1.96. The van der Waals surface area contributed by atoms with Crippen molar-refractivity contribution in [1.29, 1.82) is 0 Å². The quantitative estimate of drug-likeness (QED) is 0.362. The zero-order chi connectivity index (χ0) is 12.1. The summed E-state index contributed by atoms with van der Waals surface area (Å²) in [4.78, 5) is 0. The SMILES string of the molecule is [CH]=C(C[CH2])CCCCCCCCCCCC. The first-order valence-electron chi connectivity index (χ1n) is 7.20. The van der Waals surface area contributed by atoms with Crippen molar-refractivity contribution in [3.05, 3.63) is 19.1 Å². The maximum atomic E-state index is 5.74. The Kier molecular flexibility index (Phi) is 12.6. The van der Waals surface area contributed by atoms with Gasteiger partial charge in [-0.2, -0.15) is 0 Å². The van der Waals surface area contributed by atoms with E-state index < -0.39 is 0 Å². The van der Waals surface area contributed by atoms with Gasteiger partial charge in [-0.1, -0.05) is 76.9 Å². The molecule has 94 valence electrons. The lowest BCUT2D eigenvalue weighted by Gasteiger charge is -2.03. The van der Waals surface area contributed by atoms with Crippen LogP contribution in [0, 0.1) is 13.5 Å². The summed E-state index contributed by atoms with van der Waals surface area (Å²) in [5.41, 5.74) is 1.07. The summed E-state index contributed by atoms with van der Waals surface area (Å²) in [7, 11) is 0. The molecule has 0 unspecified atom stereocenters. The molecule has 0 aromatic heterocycles. The summed E-state index contributed by atoms with van der Waals surface area (Å²) in [5, 5.41) is 0. The lowest BCUT2D eigenvalue weighted by Crippen LogP contribution is -1.83. The Hall–Kier alpha value is -0.260. The maximum Gasteiger partial charge on any atom is -0.0317 e. The fourth-order valence-electron chi connectivity index (χ4n) is 1.96. The van der Waals surface area contributed by atoms with E-state index >= 15 is 0 Å². The first kappa shape index (κ1) is 15.7. The second-order valence-electron chi connectivity index (χ2n) is 4.84. The average molecular weight is 222 g/mol. The third-order valence-electron chi connectivity index (χ3n) is 3.17. The fraction of sp³-hybridized carbons (Fsp3) is 0.812. The van der Waals surface area contributed by atoms with E-state index in [0.29, 0.717) is 0 Å². The second-order valence-corrected chi connectivity index (χ2v) is 4.84. The first-order valence-corrected chi connectivity index (χ1v) is 7.20. The molecule has 0 saturated heterocycles. The summed E-state index contributed by atoms with van der Waals surface area (Å²) in [6.45, 7) is 11.8. The Labute approximate surface area is 104 Å². The van der Waals surface area contributed by atoms with Crippen LogP contribution in [0.1, 0.15) is 84.0 Å². The van der Waals surface area contributed by atoms with Crippen molar-refractivity contribution in [3.63, 3.8) is 0 Å². The number of rotatable bonds is 12. The van der Waals surface area contributed by atoms with Gasteiger partial charge in [-0.25, -0.2) is 0 Å². The van der Waals surface area contributed by atoms with Crippen LogP contribution in [0.15, 0.2) is 5.57 Å². The van der Waals surface area contributed by atoms with Crippen LogP contribution < -0.4 is 0 Å². The van der Waals surface area contributed by atoms with Gasteiger partial charge in [0.15, 0.2) is 0 Å². The van der Waals surface area contributed by atoms with Gasteiger partial charge in [0.1, 0.15) is 0 Å². The van der Waals surface area contributed by atoms with Gasteiger partial charge in [0.2, 0.25) is 0 Å². The molecule has 0 aliphatic rings. The van der Waals surface area contributed by atoms with E-state index in [-0.39, 0.29) is 0 Å². The molecule has 0 atom stereocenters. The molecule has 0 rings (SSSR count). The van der Waals surface area contributed by atoms with Crippen LogP contribution in [0.5, 0.6) is 0 Å². The molecule has 0 saturated carbocycles. The van der Waals surface area contributed by atoms with Gasteiger partial charge in [-0.05, 0) is 26.2 Å². The normalized spacial score (nSPS) is 10.6. The molecule has 0 bridgehead atoms. The minimum atomic E-state index is 0.803. The number of hydrogen-bond donors (Lipinski definition) is 0. The molecule has 0 heteroatoms. The molecule has 0 spiro atoms. The van der Waals surface area contributed by atoms with E-state index in [9.17, 15) is 0 Å². The van der Waals surface area contributed by atoms with E-state index in [1.165, 1.54) is 64.2 Å². The van der Waals surface area contributed by atoms with Crippen LogP contribution in [-0.4, -0.2) is 0 Å². The van der Waals surface area contributed by atoms with Crippen molar-refractivity contribution in [1.82, 2.24) is 0 Å². The Morgan fingerprint density at radius 1 is 0.812 bits per heavy atom. The molecule has 0 fully saturated rings. The van der Waals surface area contributed by atoms with Crippen molar-refractivity contribution in [3.8, 4) is 0 Å². The smallest absolute Gasteiger partial charge is 0.0317 e. The lowest BCUT2D eigenvalue weighted by atomic mass is 10.0. The molecular formula is C16H30. The predicted octanol–water partition coefficient (Wildman–Crippen LogP) is 5.88. The van der Waals surface area contributed by atoms with Crippen molar-refractivity contribution < 1.29 is 0 Å². The zero-order valence-electron chi connectivity index (χ0n) is 11.3. The van der Waals surface area contributed by atoms with Crippen LogP contribution in [-0.2, 0) is 0 Å². The Bertz CT molecular complexity index is 146. The summed E-state index contributed by atoms with van der Waals surface area (Å²) in [6, 6.07) is 0. The van der Waals surface area contributed by atoms with Gasteiger partial charge in [0.25, 0.3) is 0 Å². The number of unbranched alkanes of at least 4 members (excludes halogenated alkanes) is 9. The van der Waals surface area contributed by atoms with E-state index in [4.69, 9.17) is 6.58 Å². The Morgan fingerprint density at radius 3 is 1.69 bits per heavy atom. The van der Waals surface area contributed by atoms with Gasteiger partial charge in [-0.15, -0.1) is 0 Å². The number of hydrogen-bond acceptors (Lipinski definition) is 0. The largest absolute Gasteiger partial charge is 0.0702 e. The van der Waals surface area contributed by atoms with Crippen LogP contribution in [0.2, 0.25) is 0 Å². The molecule has 16 heavy (non-hydrogen) atoms. The maximum absolute atomic E-state index is 5.74. The molecular weight excluding hydrogens is 192 g/mol. The third kappa shape index (κ3) is 11.8. The Morgan fingerprint density at radius 2 is 1.25 bits per heavy atom. The monoisotopic (exact) mass is 222 g/mol. The van der Waals surface area contributed by atoms with Crippen molar-refractivity contribution in [2.24, 2.45) is 0 Å². The van der Waals surface area contributed by atoms with Gasteiger partial charge in [-0.3, -0.25) is 0 Å². The van der Waals surface area contributed by atoms with Crippen molar-refractivity contribution >= 4 is 0 Å². The molecule has 2 radical (unpaired) electrons. The van der Waals surface area contributed by atoms with Gasteiger partial charge >= 0.3 is 0 Å². The highest BCUT2D eigenvalue weighted by Gasteiger charge is 1.94. The highest BCUT2D eigenvalue weighted by Crippen LogP contribution is 2.13. The molecule has 0 N–H and O–H groups in total. The molecule has 0 aromatic rings. The van der Waals surface area contributed by atoms with Crippen molar-refractivity contribution in [2.45, 2.75) is 84.0 Å². The molecule has 0 aliphatic heterocycles. The predicted molar refractivity (Wildman–Crippen MR) is 74.2 cm³/mol. The minimum absolute atomic E-state index is 0.803. The van der Waals surface area contributed by atoms with E-state index in [0.717, 1.165) is 18.4 Å². The van der Waals surface area contributed by atoms with Crippen molar-refractivity contribution in [2.75, 3.05) is 0 Å².